The van der Waals surface area contributed by atoms with Gasteiger partial charge in [0.2, 0.25) is 0 Å². The lowest BCUT2D eigenvalue weighted by Crippen LogP contribution is -2.35. The molecule has 3 nitrogen and oxygen atoms in total. The Morgan fingerprint density at radius 3 is 2.83 bits per heavy atom. The maximum atomic E-state index is 11.3. The summed E-state index contributed by atoms with van der Waals surface area (Å²) in [5.41, 5.74) is 0.870. The highest BCUT2D eigenvalue weighted by molar-refractivity contribution is 5.85. The molecule has 1 rings (SSSR count). The normalized spacial score (nSPS) is 23.6. The highest BCUT2D eigenvalue weighted by Crippen LogP contribution is 2.07. The molecule has 0 aromatic heterocycles. The van der Waals surface area contributed by atoms with Crippen LogP contribution in [0, 0.1) is 0 Å². The fraction of sp³-hybridized carbons (Fsp3) is 0.667. The summed E-state index contributed by atoms with van der Waals surface area (Å²) < 4.78 is 10.3. The second kappa shape index (κ2) is 4.38. The van der Waals surface area contributed by atoms with Crippen LogP contribution in [0.1, 0.15) is 13.3 Å². The van der Waals surface area contributed by atoms with Crippen LogP contribution in [0.2, 0.25) is 0 Å². The summed E-state index contributed by atoms with van der Waals surface area (Å²) in [7, 11) is 0. The number of carbonyl (C=O) groups is 1. The van der Waals surface area contributed by atoms with Crippen molar-refractivity contribution in [3.63, 3.8) is 0 Å². The van der Waals surface area contributed by atoms with Gasteiger partial charge in [-0.3, -0.25) is 4.79 Å². The average molecular weight is 170 g/mol. The van der Waals surface area contributed by atoms with E-state index in [0.29, 0.717) is 26.2 Å². The Hall–Kier alpha value is -0.670. The van der Waals surface area contributed by atoms with Crippen molar-refractivity contribution in [3.05, 3.63) is 12.2 Å². The van der Waals surface area contributed by atoms with Gasteiger partial charge in [0, 0.05) is 6.42 Å². The van der Waals surface area contributed by atoms with E-state index in [2.05, 4.69) is 6.58 Å². The Kier molecular flexibility index (Phi) is 3.44. The molecule has 0 aromatic carbocycles. The molecule has 0 aromatic rings. The first-order chi connectivity index (χ1) is 5.70. The molecule has 12 heavy (non-hydrogen) atoms. The Labute approximate surface area is 72.4 Å². The lowest BCUT2D eigenvalue weighted by molar-refractivity contribution is -0.144. The monoisotopic (exact) mass is 170 g/mol. The number of carbonyl (C=O) groups excluding carboxylic acids is 1. The molecule has 0 aliphatic carbocycles. The number of hydrogen-bond acceptors (Lipinski definition) is 3. The van der Waals surface area contributed by atoms with E-state index < -0.39 is 0 Å². The second-order valence-corrected chi connectivity index (χ2v) is 3.03. The molecular weight excluding hydrogens is 156 g/mol. The van der Waals surface area contributed by atoms with Crippen LogP contribution in [0.3, 0.4) is 0 Å². The van der Waals surface area contributed by atoms with Gasteiger partial charge in [-0.2, -0.15) is 0 Å². The van der Waals surface area contributed by atoms with Gasteiger partial charge in [-0.1, -0.05) is 12.2 Å². The van der Waals surface area contributed by atoms with Crippen LogP contribution in [0.4, 0.5) is 0 Å². The summed E-state index contributed by atoms with van der Waals surface area (Å²) in [5.74, 6) is 0.0715. The van der Waals surface area contributed by atoms with E-state index in [0.717, 1.165) is 5.57 Å². The largest absolute Gasteiger partial charge is 0.376 e. The molecule has 0 N–H and O–H groups in total. The third kappa shape index (κ3) is 2.75. The third-order valence-corrected chi connectivity index (χ3v) is 1.65. The standard InChI is InChI=1S/C9H14O3/c1-7(2)5-8(10)9-6-11-3-4-12-9/h9H,1,3-6H2,2H3. The zero-order valence-corrected chi connectivity index (χ0v) is 7.34. The maximum Gasteiger partial charge on any atom is 0.167 e. The molecule has 1 atom stereocenters. The molecular formula is C9H14O3. The van der Waals surface area contributed by atoms with Crippen molar-refractivity contribution in [1.82, 2.24) is 0 Å². The zero-order valence-electron chi connectivity index (χ0n) is 7.34. The Morgan fingerprint density at radius 2 is 2.33 bits per heavy atom. The van der Waals surface area contributed by atoms with E-state index in [1.54, 1.807) is 0 Å². The van der Waals surface area contributed by atoms with E-state index >= 15 is 0 Å². The van der Waals surface area contributed by atoms with Crippen molar-refractivity contribution in [3.8, 4) is 0 Å². The summed E-state index contributed by atoms with van der Waals surface area (Å²) in [5, 5.41) is 0. The first kappa shape index (κ1) is 9.42. The molecule has 1 unspecified atom stereocenters. The van der Waals surface area contributed by atoms with E-state index in [9.17, 15) is 4.79 Å². The van der Waals surface area contributed by atoms with Crippen LogP contribution in [0.15, 0.2) is 12.2 Å². The Morgan fingerprint density at radius 1 is 1.58 bits per heavy atom. The number of hydrogen-bond donors (Lipinski definition) is 0. The molecule has 0 bridgehead atoms. The molecule has 0 spiro atoms. The molecule has 3 heteroatoms. The minimum Gasteiger partial charge on any atom is -0.376 e. The van der Waals surface area contributed by atoms with E-state index in [1.165, 1.54) is 0 Å². The predicted octanol–water partition coefficient (Wildman–Crippen LogP) is 0.937. The van der Waals surface area contributed by atoms with Gasteiger partial charge < -0.3 is 9.47 Å². The molecule has 1 aliphatic heterocycles. The summed E-state index contributed by atoms with van der Waals surface area (Å²) >= 11 is 0. The molecule has 0 saturated carbocycles. The van der Waals surface area contributed by atoms with Crippen molar-refractivity contribution < 1.29 is 14.3 Å². The van der Waals surface area contributed by atoms with Gasteiger partial charge in [-0.05, 0) is 6.92 Å². The number of ketones is 1. The highest BCUT2D eigenvalue weighted by atomic mass is 16.6. The van der Waals surface area contributed by atoms with E-state index in [-0.39, 0.29) is 11.9 Å². The maximum absolute atomic E-state index is 11.3. The van der Waals surface area contributed by atoms with Gasteiger partial charge >= 0.3 is 0 Å². The number of rotatable bonds is 3. The second-order valence-electron chi connectivity index (χ2n) is 3.03. The summed E-state index contributed by atoms with van der Waals surface area (Å²) in [6, 6.07) is 0. The van der Waals surface area contributed by atoms with Gasteiger partial charge in [-0.15, -0.1) is 0 Å². The van der Waals surface area contributed by atoms with E-state index in [1.807, 2.05) is 6.92 Å². The average Bonchev–Trinajstić information content (AvgIpc) is 2.05. The Bertz CT molecular complexity index is 180. The zero-order chi connectivity index (χ0) is 8.97. The fourth-order valence-corrected chi connectivity index (χ4v) is 1.08. The highest BCUT2D eigenvalue weighted by Gasteiger charge is 2.21. The fourth-order valence-electron chi connectivity index (χ4n) is 1.08. The molecule has 1 heterocycles. The minimum absolute atomic E-state index is 0.0715. The lowest BCUT2D eigenvalue weighted by atomic mass is 10.1. The molecule has 1 saturated heterocycles. The van der Waals surface area contributed by atoms with Crippen molar-refractivity contribution in [2.45, 2.75) is 19.4 Å². The van der Waals surface area contributed by atoms with Gasteiger partial charge in [0.25, 0.3) is 0 Å². The van der Waals surface area contributed by atoms with Crippen LogP contribution in [-0.4, -0.2) is 31.7 Å². The van der Waals surface area contributed by atoms with Crippen molar-refractivity contribution in [1.29, 1.82) is 0 Å². The molecule has 68 valence electrons. The minimum atomic E-state index is -0.365. The molecule has 0 radical (unpaired) electrons. The first-order valence-electron chi connectivity index (χ1n) is 4.06. The van der Waals surface area contributed by atoms with Crippen LogP contribution in [0.25, 0.3) is 0 Å². The predicted molar refractivity (Wildman–Crippen MR) is 45.0 cm³/mol. The topological polar surface area (TPSA) is 35.5 Å². The van der Waals surface area contributed by atoms with Crippen molar-refractivity contribution in [2.24, 2.45) is 0 Å². The van der Waals surface area contributed by atoms with Crippen LogP contribution in [0.5, 0.6) is 0 Å². The van der Waals surface area contributed by atoms with E-state index in [4.69, 9.17) is 9.47 Å². The number of allylic oxidation sites excluding steroid dienone is 1. The van der Waals surface area contributed by atoms with Crippen LogP contribution >= 0.6 is 0 Å². The summed E-state index contributed by atoms with van der Waals surface area (Å²) in [6.45, 7) is 7.02. The van der Waals surface area contributed by atoms with Gasteiger partial charge in [0.1, 0.15) is 6.10 Å². The van der Waals surface area contributed by atoms with Gasteiger partial charge in [-0.25, -0.2) is 0 Å². The molecule has 0 amide bonds. The van der Waals surface area contributed by atoms with Crippen LogP contribution < -0.4 is 0 Å². The number of ether oxygens (including phenoxy) is 2. The van der Waals surface area contributed by atoms with Gasteiger partial charge in [0.15, 0.2) is 5.78 Å². The lowest BCUT2D eigenvalue weighted by Gasteiger charge is -2.21. The van der Waals surface area contributed by atoms with Crippen LogP contribution in [-0.2, 0) is 14.3 Å². The summed E-state index contributed by atoms with van der Waals surface area (Å²) in [6.07, 6.45) is 0.0315. The quantitative estimate of drug-likeness (QED) is 0.591. The SMILES string of the molecule is C=C(C)CC(=O)C1COCCO1. The smallest absolute Gasteiger partial charge is 0.167 e. The van der Waals surface area contributed by atoms with Crippen molar-refractivity contribution >= 4 is 5.78 Å². The first-order valence-corrected chi connectivity index (χ1v) is 4.06. The molecule has 1 fully saturated rings. The third-order valence-electron chi connectivity index (χ3n) is 1.65. The Balaban J connectivity index is 2.34. The van der Waals surface area contributed by atoms with Gasteiger partial charge in [0.05, 0.1) is 19.8 Å². The van der Waals surface area contributed by atoms with Crippen molar-refractivity contribution in [2.75, 3.05) is 19.8 Å². The number of Topliss-reactive ketones (excluding diaryl/α,β-unsaturated/α-hetero) is 1. The molecule has 1 aliphatic rings. The summed E-state index contributed by atoms with van der Waals surface area (Å²) in [4.78, 5) is 11.3.